The Morgan fingerprint density at radius 2 is 1.26 bits per heavy atom. The lowest BCUT2D eigenvalue weighted by Gasteiger charge is -2.31. The molecule has 35 heavy (non-hydrogen) atoms. The Morgan fingerprint density at radius 3 is 1.63 bits per heavy atom. The second kappa shape index (κ2) is 10.3. The van der Waals surface area contributed by atoms with Crippen molar-refractivity contribution < 1.29 is 30.8 Å². The first kappa shape index (κ1) is 26.5. The number of nitrogens with zero attached hydrogens (tertiary/aromatic N) is 1. The molecule has 3 aromatic rings. The zero-order valence-electron chi connectivity index (χ0n) is 19.5. The minimum Gasteiger partial charge on any atom is -0.497 e. The molecule has 0 radical (unpaired) electrons. The van der Waals surface area contributed by atoms with Crippen molar-refractivity contribution in [3.63, 3.8) is 0 Å². The van der Waals surface area contributed by atoms with Gasteiger partial charge in [-0.1, -0.05) is 40.1 Å². The number of hydrogen-bond donors (Lipinski definition) is 0. The number of sulfonamides is 2. The van der Waals surface area contributed by atoms with Gasteiger partial charge in [0.05, 0.1) is 22.8 Å². The quantitative estimate of drug-likeness (QED) is 0.370. The third kappa shape index (κ3) is 5.77. The van der Waals surface area contributed by atoms with Gasteiger partial charge >= 0.3 is 0 Å². The SMILES string of the molecule is COc1ccc(C(=O)C(CN(S(=O)(=O)c2ccccc2)S(=O)(=O)c2ccccc2)C(C)(C)F)cc1. The summed E-state index contributed by atoms with van der Waals surface area (Å²) in [7, 11) is -7.91. The monoisotopic (exact) mass is 519 g/mol. The van der Waals surface area contributed by atoms with E-state index >= 15 is 4.39 Å². The van der Waals surface area contributed by atoms with E-state index in [-0.39, 0.29) is 19.1 Å². The fourth-order valence-electron chi connectivity index (χ4n) is 3.46. The van der Waals surface area contributed by atoms with Crippen molar-refractivity contribution in [3.05, 3.63) is 90.5 Å². The number of carbonyl (C=O) groups is 1. The summed E-state index contributed by atoms with van der Waals surface area (Å²) in [5, 5.41) is 0. The Morgan fingerprint density at radius 1 is 0.829 bits per heavy atom. The highest BCUT2D eigenvalue weighted by Gasteiger charge is 2.45. The molecule has 0 heterocycles. The minimum atomic E-state index is -4.68. The maximum absolute atomic E-state index is 15.4. The van der Waals surface area contributed by atoms with Crippen LogP contribution in [0.5, 0.6) is 5.75 Å². The first-order chi connectivity index (χ1) is 16.4. The Balaban J connectivity index is 2.15. The number of Topliss-reactive ketones (excluding diaryl/α,β-unsaturated/α-hetero) is 1. The molecule has 186 valence electrons. The summed E-state index contributed by atoms with van der Waals surface area (Å²) >= 11 is 0. The van der Waals surface area contributed by atoms with Crippen LogP contribution in [0, 0.1) is 5.92 Å². The second-order valence-corrected chi connectivity index (χ2v) is 12.3. The van der Waals surface area contributed by atoms with Gasteiger partial charge in [-0.05, 0) is 62.4 Å². The van der Waals surface area contributed by atoms with Crippen molar-refractivity contribution in [2.45, 2.75) is 29.3 Å². The highest BCUT2D eigenvalue weighted by molar-refractivity contribution is 8.04. The van der Waals surface area contributed by atoms with Crippen LogP contribution in [0.1, 0.15) is 24.2 Å². The van der Waals surface area contributed by atoms with E-state index in [1.807, 2.05) is 0 Å². The van der Waals surface area contributed by atoms with Gasteiger partial charge < -0.3 is 4.74 Å². The van der Waals surface area contributed by atoms with Crippen LogP contribution in [-0.2, 0) is 20.0 Å². The molecule has 0 aromatic heterocycles. The molecule has 0 aliphatic rings. The number of methoxy groups -OCH3 is 1. The third-order valence-corrected chi connectivity index (χ3v) is 9.75. The fourth-order valence-corrected chi connectivity index (χ4v) is 7.18. The summed E-state index contributed by atoms with van der Waals surface area (Å²) in [6.45, 7) is 1.30. The first-order valence-corrected chi connectivity index (χ1v) is 13.5. The molecule has 0 spiro atoms. The van der Waals surface area contributed by atoms with E-state index in [0.717, 1.165) is 13.8 Å². The zero-order valence-corrected chi connectivity index (χ0v) is 21.1. The van der Waals surface area contributed by atoms with Crippen molar-refractivity contribution in [1.82, 2.24) is 3.71 Å². The van der Waals surface area contributed by atoms with Crippen LogP contribution >= 0.6 is 0 Å². The predicted molar refractivity (Wildman–Crippen MR) is 130 cm³/mol. The molecule has 1 unspecified atom stereocenters. The van der Waals surface area contributed by atoms with Crippen LogP contribution in [0.2, 0.25) is 0 Å². The van der Waals surface area contributed by atoms with Crippen molar-refractivity contribution in [1.29, 1.82) is 0 Å². The summed E-state index contributed by atoms with van der Waals surface area (Å²) in [5.41, 5.74) is -2.16. The average molecular weight is 520 g/mol. The summed E-state index contributed by atoms with van der Waals surface area (Å²) in [6.07, 6.45) is 0. The third-order valence-electron chi connectivity index (χ3n) is 5.47. The van der Waals surface area contributed by atoms with Gasteiger partial charge in [0.2, 0.25) is 0 Å². The number of ether oxygens (including phenoxy) is 1. The van der Waals surface area contributed by atoms with Crippen molar-refractivity contribution in [2.75, 3.05) is 13.7 Å². The molecule has 7 nitrogen and oxygen atoms in total. The molecule has 3 rings (SSSR count). The molecule has 1 atom stereocenters. The fraction of sp³-hybridized carbons (Fsp3) is 0.240. The lowest BCUT2D eigenvalue weighted by molar-refractivity contribution is 0.0681. The van der Waals surface area contributed by atoms with E-state index in [1.165, 1.54) is 79.9 Å². The highest BCUT2D eigenvalue weighted by atomic mass is 32.3. The standard InChI is InChI=1S/C25H26FNO6S2/c1-25(2,26)23(24(28)19-14-16-20(33-3)17-15-19)18-27(34(29,30)21-10-6-4-7-11-21)35(31,32)22-12-8-5-9-13-22/h4-17,23H,18H2,1-3H3. The molecule has 10 heteroatoms. The molecule has 0 aliphatic heterocycles. The smallest absolute Gasteiger partial charge is 0.256 e. The number of carbonyl (C=O) groups excluding carboxylic acids is 1. The number of hydrogen-bond acceptors (Lipinski definition) is 6. The summed E-state index contributed by atoms with van der Waals surface area (Å²) in [5.74, 6) is -1.90. The highest BCUT2D eigenvalue weighted by Crippen LogP contribution is 2.32. The molecule has 0 bridgehead atoms. The molecule has 0 aliphatic carbocycles. The molecule has 0 N–H and O–H groups in total. The first-order valence-electron chi connectivity index (χ1n) is 10.6. The summed E-state index contributed by atoms with van der Waals surface area (Å²) < 4.78 is 74.9. The topological polar surface area (TPSA) is 97.8 Å². The average Bonchev–Trinajstić information content (AvgIpc) is 2.84. The van der Waals surface area contributed by atoms with E-state index in [4.69, 9.17) is 4.74 Å². The maximum Gasteiger partial charge on any atom is 0.256 e. The Hall–Kier alpha value is -3.08. The van der Waals surface area contributed by atoms with E-state index in [0.29, 0.717) is 5.75 Å². The molecule has 0 saturated heterocycles. The van der Waals surface area contributed by atoms with Crippen molar-refractivity contribution in [3.8, 4) is 5.75 Å². The number of ketones is 1. The molecular formula is C25H26FNO6S2. The number of halogens is 1. The van der Waals surface area contributed by atoms with Crippen LogP contribution in [0.4, 0.5) is 4.39 Å². The van der Waals surface area contributed by atoms with E-state index in [9.17, 15) is 21.6 Å². The summed E-state index contributed by atoms with van der Waals surface area (Å²) in [4.78, 5) is 12.8. The minimum absolute atomic E-state index is 0.0932. The van der Waals surface area contributed by atoms with Gasteiger partial charge in [-0.2, -0.15) is 0 Å². The van der Waals surface area contributed by atoms with Crippen LogP contribution in [-0.4, -0.2) is 45.7 Å². The number of rotatable bonds is 10. The van der Waals surface area contributed by atoms with Gasteiger partial charge in [-0.3, -0.25) is 4.79 Å². The van der Waals surface area contributed by atoms with Crippen LogP contribution < -0.4 is 4.74 Å². The lowest BCUT2D eigenvalue weighted by Crippen LogP contribution is -2.47. The zero-order chi connectivity index (χ0) is 25.9. The Labute approximate surface area is 205 Å². The van der Waals surface area contributed by atoms with Crippen LogP contribution in [0.15, 0.2) is 94.7 Å². The van der Waals surface area contributed by atoms with Gasteiger partial charge in [0.1, 0.15) is 11.4 Å². The second-order valence-electron chi connectivity index (χ2n) is 8.30. The number of alkyl halides is 1. The molecular weight excluding hydrogens is 493 g/mol. The van der Waals surface area contributed by atoms with Gasteiger partial charge in [0.15, 0.2) is 5.78 Å². The van der Waals surface area contributed by atoms with E-state index in [2.05, 4.69) is 0 Å². The van der Waals surface area contributed by atoms with Crippen molar-refractivity contribution in [2.24, 2.45) is 5.92 Å². The lowest BCUT2D eigenvalue weighted by atomic mass is 9.86. The van der Waals surface area contributed by atoms with Crippen LogP contribution in [0.25, 0.3) is 0 Å². The van der Waals surface area contributed by atoms with Gasteiger partial charge in [-0.15, -0.1) is 0 Å². The molecule has 3 aromatic carbocycles. The van der Waals surface area contributed by atoms with Gasteiger partial charge in [-0.25, -0.2) is 21.2 Å². The largest absolute Gasteiger partial charge is 0.497 e. The molecule has 0 saturated carbocycles. The molecule has 0 fully saturated rings. The maximum atomic E-state index is 15.4. The van der Waals surface area contributed by atoms with E-state index in [1.54, 1.807) is 12.1 Å². The van der Waals surface area contributed by atoms with Crippen LogP contribution in [0.3, 0.4) is 0 Å². The Bertz CT molecular complexity index is 1300. The normalized spacial score (nSPS) is 13.4. The molecule has 0 amide bonds. The van der Waals surface area contributed by atoms with Gasteiger partial charge in [0.25, 0.3) is 20.0 Å². The van der Waals surface area contributed by atoms with E-state index < -0.39 is 44.0 Å². The van der Waals surface area contributed by atoms with Crippen molar-refractivity contribution >= 4 is 25.8 Å². The Kier molecular flexibility index (Phi) is 7.78. The van der Waals surface area contributed by atoms with Gasteiger partial charge in [0, 0.05) is 12.1 Å². The number of benzene rings is 3. The summed E-state index contributed by atoms with van der Waals surface area (Å²) in [6, 6.07) is 19.7. The predicted octanol–water partition coefficient (Wildman–Crippen LogP) is 4.32.